The summed E-state index contributed by atoms with van der Waals surface area (Å²) < 4.78 is 25.5. The SMILES string of the molecule is CNS(=O)(=O)c1ccc(NCCc2nc3c(s2)CCCC3)nc1. The molecule has 0 spiro atoms. The van der Waals surface area contributed by atoms with Crippen molar-refractivity contribution >= 4 is 27.2 Å². The monoisotopic (exact) mass is 352 g/mol. The molecule has 0 atom stereocenters. The van der Waals surface area contributed by atoms with Crippen molar-refractivity contribution in [3.63, 3.8) is 0 Å². The van der Waals surface area contributed by atoms with E-state index in [1.807, 2.05) is 11.3 Å². The maximum absolute atomic E-state index is 11.6. The number of nitrogens with one attached hydrogen (secondary N) is 2. The number of pyridine rings is 1. The maximum Gasteiger partial charge on any atom is 0.241 e. The summed E-state index contributed by atoms with van der Waals surface area (Å²) in [5, 5.41) is 4.38. The maximum atomic E-state index is 11.6. The molecule has 6 nitrogen and oxygen atoms in total. The largest absolute Gasteiger partial charge is 0.370 e. The van der Waals surface area contributed by atoms with Crippen LogP contribution in [0.2, 0.25) is 0 Å². The first-order chi connectivity index (χ1) is 11.1. The first-order valence-electron chi connectivity index (χ1n) is 7.69. The first-order valence-corrected chi connectivity index (χ1v) is 9.99. The van der Waals surface area contributed by atoms with Gasteiger partial charge in [0.1, 0.15) is 10.7 Å². The summed E-state index contributed by atoms with van der Waals surface area (Å²) in [6.45, 7) is 0.734. The molecule has 2 aromatic rings. The summed E-state index contributed by atoms with van der Waals surface area (Å²) >= 11 is 1.82. The topological polar surface area (TPSA) is 84.0 Å². The summed E-state index contributed by atoms with van der Waals surface area (Å²) in [7, 11) is -2.04. The van der Waals surface area contributed by atoms with Gasteiger partial charge in [-0.2, -0.15) is 0 Å². The third kappa shape index (κ3) is 3.88. The number of rotatable bonds is 6. The highest BCUT2D eigenvalue weighted by atomic mass is 32.2. The van der Waals surface area contributed by atoms with Gasteiger partial charge in [0, 0.05) is 24.0 Å². The van der Waals surface area contributed by atoms with Gasteiger partial charge in [0.2, 0.25) is 10.0 Å². The van der Waals surface area contributed by atoms with E-state index in [0.717, 1.165) is 19.4 Å². The zero-order valence-electron chi connectivity index (χ0n) is 13.0. The van der Waals surface area contributed by atoms with Gasteiger partial charge in [-0.1, -0.05) is 0 Å². The molecular weight excluding hydrogens is 332 g/mol. The second kappa shape index (κ2) is 6.94. The predicted molar refractivity (Wildman–Crippen MR) is 91.4 cm³/mol. The number of aryl methyl sites for hydroxylation is 2. The van der Waals surface area contributed by atoms with Crippen LogP contribution in [0.15, 0.2) is 23.2 Å². The van der Waals surface area contributed by atoms with Crippen molar-refractivity contribution in [1.29, 1.82) is 0 Å². The summed E-state index contributed by atoms with van der Waals surface area (Å²) in [6, 6.07) is 3.22. The Bertz CT molecular complexity index is 746. The highest BCUT2D eigenvalue weighted by Gasteiger charge is 2.15. The van der Waals surface area contributed by atoms with Gasteiger partial charge in [0.25, 0.3) is 0 Å². The Labute approximate surface area is 140 Å². The highest BCUT2D eigenvalue weighted by molar-refractivity contribution is 7.89. The quantitative estimate of drug-likeness (QED) is 0.830. The van der Waals surface area contributed by atoms with E-state index in [1.54, 1.807) is 12.1 Å². The van der Waals surface area contributed by atoms with Crippen LogP contribution in [0.1, 0.15) is 28.4 Å². The van der Waals surface area contributed by atoms with Crippen molar-refractivity contribution in [2.24, 2.45) is 0 Å². The van der Waals surface area contributed by atoms with Gasteiger partial charge in [-0.25, -0.2) is 23.1 Å². The summed E-state index contributed by atoms with van der Waals surface area (Å²) in [6.07, 6.45) is 7.02. The van der Waals surface area contributed by atoms with Crippen LogP contribution in [0.3, 0.4) is 0 Å². The standard InChI is InChI=1S/C15H20N4O2S2/c1-16-23(20,21)11-6-7-14(18-10-11)17-9-8-15-19-12-4-2-3-5-13(12)22-15/h6-7,10,16H,2-5,8-9H2,1H3,(H,17,18). The lowest BCUT2D eigenvalue weighted by Gasteiger charge is -2.06. The lowest BCUT2D eigenvalue weighted by Crippen LogP contribution is -2.18. The van der Waals surface area contributed by atoms with Gasteiger partial charge in [0.05, 0.1) is 10.7 Å². The van der Waals surface area contributed by atoms with Gasteiger partial charge in [-0.15, -0.1) is 11.3 Å². The molecule has 0 bridgehead atoms. The molecule has 23 heavy (non-hydrogen) atoms. The van der Waals surface area contributed by atoms with Crippen LogP contribution in [0.25, 0.3) is 0 Å². The van der Waals surface area contributed by atoms with Crippen LogP contribution in [0.5, 0.6) is 0 Å². The van der Waals surface area contributed by atoms with Gasteiger partial charge in [-0.05, 0) is 44.9 Å². The molecule has 0 aromatic carbocycles. The van der Waals surface area contributed by atoms with Gasteiger partial charge < -0.3 is 5.32 Å². The molecule has 0 amide bonds. The van der Waals surface area contributed by atoms with Crippen LogP contribution in [-0.2, 0) is 29.3 Å². The fourth-order valence-electron chi connectivity index (χ4n) is 2.57. The molecule has 0 aliphatic heterocycles. The Hall–Kier alpha value is -1.51. The van der Waals surface area contributed by atoms with Crippen molar-refractivity contribution in [2.75, 3.05) is 18.9 Å². The summed E-state index contributed by atoms with van der Waals surface area (Å²) in [5.41, 5.74) is 1.29. The van der Waals surface area contributed by atoms with Crippen LogP contribution in [0.4, 0.5) is 5.82 Å². The van der Waals surface area contributed by atoms with Gasteiger partial charge in [0.15, 0.2) is 0 Å². The van der Waals surface area contributed by atoms with Crippen molar-refractivity contribution in [3.05, 3.63) is 33.9 Å². The van der Waals surface area contributed by atoms with Crippen LogP contribution in [-0.4, -0.2) is 32.0 Å². The Morgan fingerprint density at radius 3 is 2.78 bits per heavy atom. The van der Waals surface area contributed by atoms with Crippen LogP contribution < -0.4 is 10.0 Å². The molecular formula is C15H20N4O2S2. The molecule has 124 valence electrons. The Kier molecular flexibility index (Phi) is 4.93. The van der Waals surface area contributed by atoms with E-state index < -0.39 is 10.0 Å². The van der Waals surface area contributed by atoms with E-state index in [9.17, 15) is 8.42 Å². The molecule has 2 aromatic heterocycles. The number of hydrogen-bond acceptors (Lipinski definition) is 6. The average molecular weight is 352 g/mol. The number of thiazole rings is 1. The number of nitrogens with zero attached hydrogens (tertiary/aromatic N) is 2. The highest BCUT2D eigenvalue weighted by Crippen LogP contribution is 2.26. The van der Waals surface area contributed by atoms with E-state index in [4.69, 9.17) is 4.98 Å². The Balaban J connectivity index is 1.55. The van der Waals surface area contributed by atoms with E-state index in [1.165, 1.54) is 48.1 Å². The molecule has 0 fully saturated rings. The Morgan fingerprint density at radius 2 is 2.09 bits per heavy atom. The molecule has 1 aliphatic rings. The molecule has 2 N–H and O–H groups in total. The fraction of sp³-hybridized carbons (Fsp3) is 0.467. The minimum absolute atomic E-state index is 0.165. The molecule has 0 unspecified atom stereocenters. The lowest BCUT2D eigenvalue weighted by atomic mass is 10.0. The minimum Gasteiger partial charge on any atom is -0.370 e. The Morgan fingerprint density at radius 1 is 1.26 bits per heavy atom. The molecule has 0 saturated carbocycles. The molecule has 2 heterocycles. The van der Waals surface area contributed by atoms with Gasteiger partial charge >= 0.3 is 0 Å². The number of aromatic nitrogens is 2. The lowest BCUT2D eigenvalue weighted by molar-refractivity contribution is 0.588. The molecule has 0 radical (unpaired) electrons. The summed E-state index contributed by atoms with van der Waals surface area (Å²) in [4.78, 5) is 10.5. The van der Waals surface area contributed by atoms with Crippen molar-refractivity contribution < 1.29 is 8.42 Å². The van der Waals surface area contributed by atoms with Crippen LogP contribution >= 0.6 is 11.3 Å². The minimum atomic E-state index is -3.43. The van der Waals surface area contributed by atoms with E-state index in [0.29, 0.717) is 5.82 Å². The van der Waals surface area contributed by atoms with Gasteiger partial charge in [-0.3, -0.25) is 0 Å². The fourth-order valence-corrected chi connectivity index (χ4v) is 4.40. The molecule has 0 saturated heterocycles. The van der Waals surface area contributed by atoms with E-state index >= 15 is 0 Å². The second-order valence-electron chi connectivity index (χ2n) is 5.45. The normalized spacial score (nSPS) is 14.5. The van der Waals surface area contributed by atoms with Crippen LogP contribution in [0, 0.1) is 0 Å². The second-order valence-corrected chi connectivity index (χ2v) is 8.50. The molecule has 1 aliphatic carbocycles. The molecule has 8 heteroatoms. The first kappa shape index (κ1) is 16.4. The summed E-state index contributed by atoms with van der Waals surface area (Å²) in [5.74, 6) is 0.668. The molecule has 3 rings (SSSR count). The number of sulfonamides is 1. The zero-order chi connectivity index (χ0) is 16.3. The zero-order valence-corrected chi connectivity index (χ0v) is 14.6. The van der Waals surface area contributed by atoms with E-state index in [-0.39, 0.29) is 4.90 Å². The van der Waals surface area contributed by atoms with Crippen molar-refractivity contribution in [2.45, 2.75) is 37.0 Å². The number of fused-ring (bicyclic) bond motifs is 1. The number of anilines is 1. The average Bonchev–Trinajstić information content (AvgIpc) is 2.98. The van der Waals surface area contributed by atoms with Crippen molar-refractivity contribution in [1.82, 2.24) is 14.7 Å². The third-order valence-corrected chi connectivity index (χ3v) is 6.47. The van der Waals surface area contributed by atoms with Crippen molar-refractivity contribution in [3.8, 4) is 0 Å². The predicted octanol–water partition coefficient (Wildman–Crippen LogP) is 1.98. The van der Waals surface area contributed by atoms with E-state index in [2.05, 4.69) is 15.0 Å². The number of hydrogen-bond donors (Lipinski definition) is 2. The smallest absolute Gasteiger partial charge is 0.241 e. The third-order valence-electron chi connectivity index (χ3n) is 3.85.